The molecule has 1 heterocycles. The van der Waals surface area contributed by atoms with Crippen LogP contribution in [0.4, 0.5) is 0 Å². The van der Waals surface area contributed by atoms with E-state index in [1.54, 1.807) is 0 Å². The van der Waals surface area contributed by atoms with Crippen LogP contribution in [0.15, 0.2) is 4.99 Å². The number of nitrogens with zero attached hydrogens (tertiary/aromatic N) is 3. The van der Waals surface area contributed by atoms with Gasteiger partial charge in [0.2, 0.25) is 0 Å². The molecule has 4 heteroatoms. The summed E-state index contributed by atoms with van der Waals surface area (Å²) in [5, 5.41) is 3.43. The third kappa shape index (κ3) is 4.68. The Morgan fingerprint density at radius 1 is 1.37 bits per heavy atom. The zero-order chi connectivity index (χ0) is 14.7. The fourth-order valence-electron chi connectivity index (χ4n) is 2.13. The molecule has 112 valence electrons. The van der Waals surface area contributed by atoms with Crippen LogP contribution in [0.3, 0.4) is 0 Å². The summed E-state index contributed by atoms with van der Waals surface area (Å²) in [6, 6.07) is 0. The summed E-state index contributed by atoms with van der Waals surface area (Å²) in [5.41, 5.74) is 0.503. The zero-order valence-electron chi connectivity index (χ0n) is 13.9. The van der Waals surface area contributed by atoms with E-state index < -0.39 is 0 Å². The van der Waals surface area contributed by atoms with Gasteiger partial charge in [-0.15, -0.1) is 0 Å². The lowest BCUT2D eigenvalue weighted by Gasteiger charge is -2.32. The predicted molar refractivity (Wildman–Crippen MR) is 83.7 cm³/mol. The number of hydrogen-bond acceptors (Lipinski definition) is 2. The molecule has 0 spiro atoms. The van der Waals surface area contributed by atoms with E-state index in [1.807, 2.05) is 0 Å². The molecule has 0 amide bonds. The zero-order valence-corrected chi connectivity index (χ0v) is 13.9. The van der Waals surface area contributed by atoms with Gasteiger partial charge in [0.05, 0.1) is 6.54 Å². The van der Waals surface area contributed by atoms with Gasteiger partial charge >= 0.3 is 0 Å². The van der Waals surface area contributed by atoms with Crippen LogP contribution in [0, 0.1) is 5.41 Å². The third-order valence-electron chi connectivity index (χ3n) is 4.14. The van der Waals surface area contributed by atoms with Crippen molar-refractivity contribution in [1.82, 2.24) is 15.1 Å². The van der Waals surface area contributed by atoms with Gasteiger partial charge in [-0.25, -0.2) is 0 Å². The average molecular weight is 268 g/mol. The second kappa shape index (κ2) is 6.12. The Morgan fingerprint density at radius 3 is 2.42 bits per heavy atom. The number of likely N-dealkylation sites (tertiary alicyclic amines) is 1. The van der Waals surface area contributed by atoms with E-state index in [-0.39, 0.29) is 5.54 Å². The summed E-state index contributed by atoms with van der Waals surface area (Å²) in [4.78, 5) is 9.47. The molecule has 1 aliphatic heterocycles. The maximum absolute atomic E-state index is 4.84. The summed E-state index contributed by atoms with van der Waals surface area (Å²) < 4.78 is 0. The smallest absolute Gasteiger partial charge is 0.193 e. The Bertz CT molecular complexity index is 318. The van der Waals surface area contributed by atoms with Crippen LogP contribution in [0.25, 0.3) is 0 Å². The van der Waals surface area contributed by atoms with Crippen molar-refractivity contribution in [2.75, 3.05) is 40.3 Å². The van der Waals surface area contributed by atoms with Gasteiger partial charge in [0.1, 0.15) is 0 Å². The Hall–Kier alpha value is -0.770. The van der Waals surface area contributed by atoms with E-state index >= 15 is 0 Å². The highest BCUT2D eigenvalue weighted by Crippen LogP contribution is 2.28. The van der Waals surface area contributed by atoms with Gasteiger partial charge in [-0.1, -0.05) is 13.8 Å². The van der Waals surface area contributed by atoms with Crippen molar-refractivity contribution in [2.45, 2.75) is 46.6 Å². The van der Waals surface area contributed by atoms with Gasteiger partial charge in [-0.2, -0.15) is 0 Å². The van der Waals surface area contributed by atoms with Crippen molar-refractivity contribution in [1.29, 1.82) is 0 Å². The summed E-state index contributed by atoms with van der Waals surface area (Å²) >= 11 is 0. The third-order valence-corrected chi connectivity index (χ3v) is 4.14. The van der Waals surface area contributed by atoms with Crippen LogP contribution in [-0.4, -0.2) is 61.6 Å². The molecule has 0 radical (unpaired) electrons. The minimum Gasteiger partial charge on any atom is -0.357 e. The van der Waals surface area contributed by atoms with Crippen molar-refractivity contribution in [3.63, 3.8) is 0 Å². The first-order chi connectivity index (χ1) is 8.68. The van der Waals surface area contributed by atoms with E-state index in [0.717, 1.165) is 32.1 Å². The summed E-state index contributed by atoms with van der Waals surface area (Å²) in [6.07, 6.45) is 1.24. The van der Waals surface area contributed by atoms with Crippen molar-refractivity contribution in [3.8, 4) is 0 Å². The number of rotatable bonds is 4. The second-order valence-corrected chi connectivity index (χ2v) is 7.21. The molecule has 0 aromatic heterocycles. The first kappa shape index (κ1) is 16.3. The molecule has 4 nitrogen and oxygen atoms in total. The monoisotopic (exact) mass is 268 g/mol. The molecule has 0 saturated carbocycles. The van der Waals surface area contributed by atoms with Gasteiger partial charge in [0.25, 0.3) is 0 Å². The fraction of sp³-hybridized carbons (Fsp3) is 0.933. The average Bonchev–Trinajstić information content (AvgIpc) is 2.64. The minimum atomic E-state index is 0.0932. The molecule has 0 atom stereocenters. The molecule has 0 aromatic carbocycles. The van der Waals surface area contributed by atoms with Crippen LogP contribution in [0.5, 0.6) is 0 Å². The number of aliphatic imine (C=N–C) groups is 1. The molecule has 0 aliphatic carbocycles. The second-order valence-electron chi connectivity index (χ2n) is 7.21. The molecule has 19 heavy (non-hydrogen) atoms. The van der Waals surface area contributed by atoms with E-state index in [1.165, 1.54) is 6.42 Å². The Balaban J connectivity index is 2.72. The first-order valence-electron chi connectivity index (χ1n) is 7.39. The maximum Gasteiger partial charge on any atom is 0.193 e. The van der Waals surface area contributed by atoms with E-state index in [0.29, 0.717) is 5.41 Å². The van der Waals surface area contributed by atoms with Crippen LogP contribution < -0.4 is 5.32 Å². The van der Waals surface area contributed by atoms with Gasteiger partial charge < -0.3 is 15.1 Å². The number of guanidine groups is 1. The number of nitrogens with one attached hydrogen (secondary N) is 1. The number of likely N-dealkylation sites (N-methyl/N-ethyl adjacent to an activating group) is 1. The SMILES string of the molecule is CCNC(=NCC(C)(C)N(C)C)N1CCC(C)(C)C1. The molecule has 1 rings (SSSR count). The van der Waals surface area contributed by atoms with Crippen molar-refractivity contribution >= 4 is 5.96 Å². The normalized spacial score (nSPS) is 20.2. The lowest BCUT2D eigenvalue weighted by atomic mass is 9.93. The molecular formula is C15H32N4. The minimum absolute atomic E-state index is 0.0932. The Kier molecular flexibility index (Phi) is 5.25. The molecule has 0 unspecified atom stereocenters. The standard InChI is InChI=1S/C15H32N4/c1-8-16-13(17-11-15(4,5)18(6)7)19-10-9-14(2,3)12-19/h8-12H2,1-7H3,(H,16,17). The van der Waals surface area contributed by atoms with Crippen LogP contribution in [0.2, 0.25) is 0 Å². The van der Waals surface area contributed by atoms with Gasteiger partial charge in [-0.05, 0) is 46.7 Å². The summed E-state index contributed by atoms with van der Waals surface area (Å²) in [5.74, 6) is 1.07. The Morgan fingerprint density at radius 2 is 2.00 bits per heavy atom. The number of hydrogen-bond donors (Lipinski definition) is 1. The van der Waals surface area contributed by atoms with Gasteiger partial charge in [0, 0.05) is 25.2 Å². The molecule has 1 aliphatic rings. The Labute approximate surface area is 119 Å². The molecule has 1 saturated heterocycles. The molecule has 1 fully saturated rings. The lowest BCUT2D eigenvalue weighted by molar-refractivity contribution is 0.204. The maximum atomic E-state index is 4.84. The highest BCUT2D eigenvalue weighted by Gasteiger charge is 2.31. The van der Waals surface area contributed by atoms with Crippen LogP contribution >= 0.6 is 0 Å². The molecule has 0 aromatic rings. The highest BCUT2D eigenvalue weighted by molar-refractivity contribution is 5.80. The molecular weight excluding hydrogens is 236 g/mol. The topological polar surface area (TPSA) is 30.9 Å². The van der Waals surface area contributed by atoms with E-state index in [9.17, 15) is 0 Å². The fourth-order valence-corrected chi connectivity index (χ4v) is 2.13. The predicted octanol–water partition coefficient (Wildman–Crippen LogP) is 2.02. The lowest BCUT2D eigenvalue weighted by Crippen LogP contribution is -2.45. The molecule has 0 bridgehead atoms. The molecule has 1 N–H and O–H groups in total. The van der Waals surface area contributed by atoms with Crippen LogP contribution in [0.1, 0.15) is 41.0 Å². The first-order valence-corrected chi connectivity index (χ1v) is 7.39. The van der Waals surface area contributed by atoms with Crippen molar-refractivity contribution in [3.05, 3.63) is 0 Å². The summed E-state index contributed by atoms with van der Waals surface area (Å²) in [7, 11) is 4.23. The van der Waals surface area contributed by atoms with Gasteiger partial charge in [-0.3, -0.25) is 4.99 Å². The van der Waals surface area contributed by atoms with Crippen molar-refractivity contribution < 1.29 is 0 Å². The highest BCUT2D eigenvalue weighted by atomic mass is 15.3. The summed E-state index contributed by atoms with van der Waals surface area (Å²) in [6.45, 7) is 15.2. The van der Waals surface area contributed by atoms with Crippen molar-refractivity contribution in [2.24, 2.45) is 10.4 Å². The van der Waals surface area contributed by atoms with Gasteiger partial charge in [0.15, 0.2) is 5.96 Å². The van der Waals surface area contributed by atoms with E-state index in [2.05, 4.69) is 63.8 Å². The van der Waals surface area contributed by atoms with Crippen LogP contribution in [-0.2, 0) is 0 Å². The van der Waals surface area contributed by atoms with E-state index in [4.69, 9.17) is 4.99 Å². The quantitative estimate of drug-likeness (QED) is 0.625. The largest absolute Gasteiger partial charge is 0.357 e.